The fourth-order valence-electron chi connectivity index (χ4n) is 1.84. The van der Waals surface area contributed by atoms with Crippen LogP contribution in [0.15, 0.2) is 36.4 Å². The van der Waals surface area contributed by atoms with Crippen molar-refractivity contribution in [3.05, 3.63) is 58.4 Å². The van der Waals surface area contributed by atoms with Gasteiger partial charge in [0.25, 0.3) is 5.91 Å². The van der Waals surface area contributed by atoms with E-state index in [-0.39, 0.29) is 18.2 Å². The lowest BCUT2D eigenvalue weighted by atomic mass is 10.1. The maximum atomic E-state index is 13.1. The molecule has 0 fully saturated rings. The number of hydrogen-bond donors (Lipinski definition) is 3. The highest BCUT2D eigenvalue weighted by Gasteiger charge is 2.10. The van der Waals surface area contributed by atoms with Gasteiger partial charge >= 0.3 is 0 Å². The molecule has 6 heteroatoms. The summed E-state index contributed by atoms with van der Waals surface area (Å²) in [7, 11) is 1.52. The lowest BCUT2D eigenvalue weighted by Crippen LogP contribution is -2.18. The maximum Gasteiger partial charge on any atom is 0.252 e. The third-order valence-electron chi connectivity index (χ3n) is 2.96. The molecule has 0 aromatic heterocycles. The van der Waals surface area contributed by atoms with Crippen LogP contribution in [-0.2, 0) is 6.54 Å². The second kappa shape index (κ2) is 6.45. The predicted octanol–water partition coefficient (Wildman–Crippen LogP) is 3.16. The van der Waals surface area contributed by atoms with Gasteiger partial charge in [0, 0.05) is 24.8 Å². The summed E-state index contributed by atoms with van der Waals surface area (Å²) in [6.07, 6.45) is 0. The Bertz CT molecular complexity index is 677. The number of hydrogen-bond acceptors (Lipinski definition) is 3. The molecule has 1 amide bonds. The van der Waals surface area contributed by atoms with Crippen LogP contribution in [0.2, 0.25) is 5.02 Å². The standard InChI is InChI=1S/C15H14ClFN2O2/c1-18-15(21)12-7-11(3-4-13(12)16)19-8-9-6-10(17)2-5-14(9)20/h2-7,19-20H,8H2,1H3,(H,18,21). The zero-order chi connectivity index (χ0) is 15.4. The quantitative estimate of drug-likeness (QED) is 0.813. The molecule has 0 unspecified atom stereocenters. The Labute approximate surface area is 126 Å². The van der Waals surface area contributed by atoms with Gasteiger partial charge in [0.15, 0.2) is 0 Å². The van der Waals surface area contributed by atoms with Crippen LogP contribution in [-0.4, -0.2) is 18.1 Å². The number of phenols is 1. The number of carbonyl (C=O) groups is 1. The van der Waals surface area contributed by atoms with Crippen molar-refractivity contribution in [1.29, 1.82) is 0 Å². The molecule has 4 nitrogen and oxygen atoms in total. The normalized spacial score (nSPS) is 10.2. The van der Waals surface area contributed by atoms with Crippen molar-refractivity contribution in [3.8, 4) is 5.75 Å². The predicted molar refractivity (Wildman–Crippen MR) is 80.2 cm³/mol. The van der Waals surface area contributed by atoms with E-state index < -0.39 is 5.82 Å². The van der Waals surface area contributed by atoms with Crippen LogP contribution < -0.4 is 10.6 Å². The number of phenolic OH excluding ortho intramolecular Hbond substituents is 1. The second-order valence-electron chi connectivity index (χ2n) is 4.40. The molecular weight excluding hydrogens is 295 g/mol. The molecule has 2 aromatic rings. The number of nitrogens with one attached hydrogen (secondary N) is 2. The first-order valence-electron chi connectivity index (χ1n) is 6.24. The number of amides is 1. The van der Waals surface area contributed by atoms with Crippen molar-refractivity contribution >= 4 is 23.2 Å². The van der Waals surface area contributed by atoms with E-state index in [1.807, 2.05) is 0 Å². The van der Waals surface area contributed by atoms with Crippen molar-refractivity contribution in [2.24, 2.45) is 0 Å². The Morgan fingerprint density at radius 1 is 1.29 bits per heavy atom. The molecule has 0 radical (unpaired) electrons. The Morgan fingerprint density at radius 3 is 2.76 bits per heavy atom. The highest BCUT2D eigenvalue weighted by atomic mass is 35.5. The number of aromatic hydroxyl groups is 1. The third-order valence-corrected chi connectivity index (χ3v) is 3.29. The Balaban J connectivity index is 2.17. The van der Waals surface area contributed by atoms with Gasteiger partial charge in [0.2, 0.25) is 0 Å². The van der Waals surface area contributed by atoms with Crippen molar-refractivity contribution in [3.63, 3.8) is 0 Å². The van der Waals surface area contributed by atoms with Crippen LogP contribution in [0, 0.1) is 5.82 Å². The molecule has 21 heavy (non-hydrogen) atoms. The van der Waals surface area contributed by atoms with Gasteiger partial charge in [-0.05, 0) is 36.4 Å². The van der Waals surface area contributed by atoms with E-state index in [1.165, 1.54) is 25.2 Å². The van der Waals surface area contributed by atoms with Crippen molar-refractivity contribution < 1.29 is 14.3 Å². The second-order valence-corrected chi connectivity index (χ2v) is 4.81. The third kappa shape index (κ3) is 3.64. The van der Waals surface area contributed by atoms with Crippen molar-refractivity contribution in [1.82, 2.24) is 5.32 Å². The lowest BCUT2D eigenvalue weighted by Gasteiger charge is -2.10. The highest BCUT2D eigenvalue weighted by molar-refractivity contribution is 6.34. The summed E-state index contributed by atoms with van der Waals surface area (Å²) in [5.74, 6) is -0.714. The van der Waals surface area contributed by atoms with Crippen LogP contribution in [0.25, 0.3) is 0 Å². The van der Waals surface area contributed by atoms with Crippen molar-refractivity contribution in [2.45, 2.75) is 6.54 Å². The fourth-order valence-corrected chi connectivity index (χ4v) is 2.04. The molecular formula is C15H14ClFN2O2. The minimum Gasteiger partial charge on any atom is -0.508 e. The zero-order valence-electron chi connectivity index (χ0n) is 11.3. The molecule has 110 valence electrons. The Kier molecular flexibility index (Phi) is 4.65. The number of anilines is 1. The summed E-state index contributed by atoms with van der Waals surface area (Å²) in [6.45, 7) is 0.221. The molecule has 0 aliphatic carbocycles. The number of carbonyl (C=O) groups excluding carboxylic acids is 1. The van der Waals surface area contributed by atoms with Crippen LogP contribution in [0.1, 0.15) is 15.9 Å². The summed E-state index contributed by atoms with van der Waals surface area (Å²) in [6, 6.07) is 8.62. The monoisotopic (exact) mass is 308 g/mol. The van der Waals surface area contributed by atoms with E-state index in [4.69, 9.17) is 11.6 Å². The molecule has 0 heterocycles. The maximum absolute atomic E-state index is 13.1. The van der Waals surface area contributed by atoms with E-state index in [1.54, 1.807) is 18.2 Å². The lowest BCUT2D eigenvalue weighted by molar-refractivity contribution is 0.0963. The summed E-state index contributed by atoms with van der Waals surface area (Å²) >= 11 is 5.95. The van der Waals surface area contributed by atoms with Gasteiger partial charge < -0.3 is 15.7 Å². The topological polar surface area (TPSA) is 61.4 Å². The minimum absolute atomic E-state index is 0.00406. The van der Waals surface area contributed by atoms with Crippen LogP contribution in [0.5, 0.6) is 5.75 Å². The molecule has 0 saturated heterocycles. The highest BCUT2D eigenvalue weighted by Crippen LogP contribution is 2.23. The van der Waals surface area contributed by atoms with E-state index in [0.29, 0.717) is 21.8 Å². The van der Waals surface area contributed by atoms with Gasteiger partial charge in [-0.2, -0.15) is 0 Å². The van der Waals surface area contributed by atoms with E-state index in [2.05, 4.69) is 10.6 Å². The SMILES string of the molecule is CNC(=O)c1cc(NCc2cc(F)ccc2O)ccc1Cl. The minimum atomic E-state index is -0.424. The largest absolute Gasteiger partial charge is 0.508 e. The van der Waals surface area contributed by atoms with Gasteiger partial charge in [-0.3, -0.25) is 4.79 Å². The average molecular weight is 309 g/mol. The first kappa shape index (κ1) is 15.1. The smallest absolute Gasteiger partial charge is 0.252 e. The Morgan fingerprint density at radius 2 is 2.05 bits per heavy atom. The zero-order valence-corrected chi connectivity index (χ0v) is 12.0. The van der Waals surface area contributed by atoms with Crippen LogP contribution in [0.3, 0.4) is 0 Å². The molecule has 0 aliphatic heterocycles. The van der Waals surface area contributed by atoms with Crippen LogP contribution in [0.4, 0.5) is 10.1 Å². The van der Waals surface area contributed by atoms with Crippen molar-refractivity contribution in [2.75, 3.05) is 12.4 Å². The summed E-state index contributed by atoms with van der Waals surface area (Å²) < 4.78 is 13.1. The summed E-state index contributed by atoms with van der Waals surface area (Å²) in [5, 5.41) is 15.5. The Hall–Kier alpha value is -2.27. The fraction of sp³-hybridized carbons (Fsp3) is 0.133. The molecule has 0 atom stereocenters. The van der Waals surface area contributed by atoms with Gasteiger partial charge in [0.05, 0.1) is 10.6 Å². The molecule has 2 aromatic carbocycles. The van der Waals surface area contributed by atoms with Gasteiger partial charge in [-0.15, -0.1) is 0 Å². The molecule has 0 saturated carbocycles. The average Bonchev–Trinajstić information content (AvgIpc) is 2.48. The van der Waals surface area contributed by atoms with Gasteiger partial charge in [0.1, 0.15) is 11.6 Å². The molecule has 2 rings (SSSR count). The first-order valence-corrected chi connectivity index (χ1v) is 6.62. The van der Waals surface area contributed by atoms with E-state index in [0.717, 1.165) is 0 Å². The first-order chi connectivity index (χ1) is 10.0. The molecule has 0 bridgehead atoms. The van der Waals surface area contributed by atoms with E-state index in [9.17, 15) is 14.3 Å². The number of benzene rings is 2. The number of halogens is 2. The van der Waals surface area contributed by atoms with Gasteiger partial charge in [-0.25, -0.2) is 4.39 Å². The molecule has 0 aliphatic rings. The van der Waals surface area contributed by atoms with Crippen LogP contribution >= 0.6 is 11.6 Å². The van der Waals surface area contributed by atoms with E-state index >= 15 is 0 Å². The summed E-state index contributed by atoms with van der Waals surface area (Å²) in [5.41, 5.74) is 1.40. The molecule has 3 N–H and O–H groups in total. The molecule has 0 spiro atoms. The van der Waals surface area contributed by atoms with Gasteiger partial charge in [-0.1, -0.05) is 11.6 Å². The summed E-state index contributed by atoms with van der Waals surface area (Å²) in [4.78, 5) is 11.6. The number of rotatable bonds is 4.